The average Bonchev–Trinajstić information content (AvgIpc) is 3.08. The summed E-state index contributed by atoms with van der Waals surface area (Å²) in [5.41, 5.74) is 3.50. The summed E-state index contributed by atoms with van der Waals surface area (Å²) in [5.74, 6) is -1.02. The van der Waals surface area contributed by atoms with Crippen LogP contribution in [0.4, 0.5) is 15.8 Å². The maximum absolute atomic E-state index is 14.7. The summed E-state index contributed by atoms with van der Waals surface area (Å²) >= 11 is 6.22. The van der Waals surface area contributed by atoms with E-state index in [0.717, 1.165) is 11.3 Å². The second-order valence-corrected chi connectivity index (χ2v) is 12.0. The second-order valence-electron chi connectivity index (χ2n) is 10.1. The van der Waals surface area contributed by atoms with E-state index in [-0.39, 0.29) is 12.5 Å². The van der Waals surface area contributed by atoms with Gasteiger partial charge in [0.1, 0.15) is 5.82 Å². The van der Waals surface area contributed by atoms with Crippen LogP contribution in [0.25, 0.3) is 0 Å². The molecule has 4 aromatic rings. The molecule has 208 valence electrons. The number of carbonyl (C=O) groups excluding carboxylic acids is 2. The normalized spacial score (nSPS) is 16.7. The van der Waals surface area contributed by atoms with Crippen LogP contribution in [-0.2, 0) is 17.3 Å². The van der Waals surface area contributed by atoms with E-state index in [0.29, 0.717) is 63.4 Å². The first-order valence-electron chi connectivity index (χ1n) is 13.3. The maximum atomic E-state index is 14.7. The third-order valence-corrected chi connectivity index (χ3v) is 9.36. The highest BCUT2D eigenvalue weighted by molar-refractivity contribution is 7.85. The molecule has 0 saturated carbocycles. The number of benzene rings is 4. The highest BCUT2D eigenvalue weighted by Gasteiger charge is 2.33. The molecule has 41 heavy (non-hydrogen) atoms. The number of fused-ring (bicyclic) bond motifs is 2. The fraction of sp³-hybridized carbons (Fsp3) is 0.188. The summed E-state index contributed by atoms with van der Waals surface area (Å²) in [7, 11) is -1.67. The molecule has 1 atom stereocenters. The Balaban J connectivity index is 1.32. The first kappa shape index (κ1) is 27.2. The molecule has 0 spiro atoms. The Labute approximate surface area is 245 Å². The SMILES string of the molecule is Cc1ccc(Cl)cc1N1CCN(C(=O)c2ccc3c(c2)N(Cc2ccccc2F)C(=O)c2ccccc2[S@@]3=O)CC1. The van der Waals surface area contributed by atoms with Crippen LogP contribution in [0.1, 0.15) is 31.8 Å². The molecule has 6 rings (SSSR count). The molecule has 2 aliphatic heterocycles. The molecule has 0 unspecified atom stereocenters. The first-order chi connectivity index (χ1) is 19.8. The van der Waals surface area contributed by atoms with Crippen molar-refractivity contribution in [1.82, 2.24) is 4.90 Å². The van der Waals surface area contributed by atoms with E-state index < -0.39 is 22.5 Å². The quantitative estimate of drug-likeness (QED) is 0.290. The van der Waals surface area contributed by atoms with Crippen LogP contribution >= 0.6 is 11.6 Å². The Morgan fingerprint density at radius 3 is 2.39 bits per heavy atom. The van der Waals surface area contributed by atoms with Crippen molar-refractivity contribution in [3.63, 3.8) is 0 Å². The first-order valence-corrected chi connectivity index (χ1v) is 14.8. The van der Waals surface area contributed by atoms with Gasteiger partial charge in [-0.1, -0.05) is 48.0 Å². The topological polar surface area (TPSA) is 60.9 Å². The van der Waals surface area contributed by atoms with E-state index in [2.05, 4.69) is 4.90 Å². The minimum Gasteiger partial charge on any atom is -0.368 e. The summed E-state index contributed by atoms with van der Waals surface area (Å²) < 4.78 is 28.4. The van der Waals surface area contributed by atoms with E-state index in [1.165, 1.54) is 11.0 Å². The van der Waals surface area contributed by atoms with Gasteiger partial charge in [0.2, 0.25) is 0 Å². The average molecular weight is 588 g/mol. The highest BCUT2D eigenvalue weighted by atomic mass is 35.5. The van der Waals surface area contributed by atoms with Gasteiger partial charge in [0.25, 0.3) is 11.8 Å². The van der Waals surface area contributed by atoms with Crippen molar-refractivity contribution < 1.29 is 18.2 Å². The summed E-state index contributed by atoms with van der Waals surface area (Å²) in [5, 5.41) is 0.670. The zero-order valence-corrected chi connectivity index (χ0v) is 23.9. The lowest BCUT2D eigenvalue weighted by Gasteiger charge is -2.37. The number of hydrogen-bond donors (Lipinski definition) is 0. The molecule has 4 aromatic carbocycles. The van der Waals surface area contributed by atoms with Gasteiger partial charge in [-0.3, -0.25) is 9.59 Å². The molecule has 1 saturated heterocycles. The van der Waals surface area contributed by atoms with Crippen molar-refractivity contribution in [3.8, 4) is 0 Å². The summed E-state index contributed by atoms with van der Waals surface area (Å²) in [6, 6.07) is 23.7. The molecule has 9 heteroatoms. The van der Waals surface area contributed by atoms with Gasteiger partial charge in [-0.15, -0.1) is 0 Å². The number of halogens is 2. The number of piperazine rings is 1. The molecule has 2 amide bonds. The number of aryl methyl sites for hydroxylation is 1. The molecule has 2 heterocycles. The van der Waals surface area contributed by atoms with Crippen molar-refractivity contribution in [2.24, 2.45) is 0 Å². The number of hydrogen-bond acceptors (Lipinski definition) is 4. The molecule has 6 nitrogen and oxygen atoms in total. The Bertz CT molecular complexity index is 1700. The number of anilines is 2. The number of rotatable bonds is 4. The molecule has 0 aliphatic carbocycles. The molecule has 0 radical (unpaired) electrons. The fourth-order valence-corrected chi connectivity index (χ4v) is 6.92. The van der Waals surface area contributed by atoms with Crippen molar-refractivity contribution >= 4 is 45.6 Å². The number of amides is 2. The molecular weight excluding hydrogens is 561 g/mol. The van der Waals surface area contributed by atoms with Crippen molar-refractivity contribution in [3.05, 3.63) is 118 Å². The summed E-state index contributed by atoms with van der Waals surface area (Å²) in [6.45, 7) is 4.28. The van der Waals surface area contributed by atoms with Gasteiger partial charge in [0, 0.05) is 48.0 Å². The summed E-state index contributed by atoms with van der Waals surface area (Å²) in [4.78, 5) is 33.7. The van der Waals surface area contributed by atoms with Crippen LogP contribution in [0.5, 0.6) is 0 Å². The van der Waals surface area contributed by atoms with Crippen LogP contribution in [0, 0.1) is 12.7 Å². The van der Waals surface area contributed by atoms with E-state index in [1.54, 1.807) is 65.6 Å². The smallest absolute Gasteiger partial charge is 0.259 e. The van der Waals surface area contributed by atoms with E-state index in [4.69, 9.17) is 11.6 Å². The van der Waals surface area contributed by atoms with Gasteiger partial charge < -0.3 is 14.7 Å². The third kappa shape index (κ3) is 5.13. The highest BCUT2D eigenvalue weighted by Crippen LogP contribution is 2.36. The van der Waals surface area contributed by atoms with Crippen molar-refractivity contribution in [2.75, 3.05) is 36.0 Å². The van der Waals surface area contributed by atoms with E-state index in [1.807, 2.05) is 25.1 Å². The van der Waals surface area contributed by atoms with Crippen LogP contribution < -0.4 is 9.80 Å². The Morgan fingerprint density at radius 2 is 1.61 bits per heavy atom. The van der Waals surface area contributed by atoms with Crippen LogP contribution in [0.15, 0.2) is 94.7 Å². The molecule has 1 fully saturated rings. The van der Waals surface area contributed by atoms with Crippen LogP contribution in [0.3, 0.4) is 0 Å². The fourth-order valence-electron chi connectivity index (χ4n) is 5.41. The standard InChI is InChI=1S/C32H27ClFN3O3S/c1-21-10-12-24(33)19-27(21)35-14-16-36(17-15-35)31(38)22-11-13-30-28(18-22)37(20-23-6-2-4-8-26(23)34)32(39)25-7-3-5-9-29(25)41(30)40/h2-13,18-19H,14-17,20H2,1H3/t41-/m0/s1. The van der Waals surface area contributed by atoms with Crippen molar-refractivity contribution in [2.45, 2.75) is 23.3 Å². The predicted octanol–water partition coefficient (Wildman–Crippen LogP) is 6.08. The number of carbonyl (C=O) groups is 2. The zero-order valence-electron chi connectivity index (χ0n) is 22.3. The minimum atomic E-state index is -1.67. The van der Waals surface area contributed by atoms with Gasteiger partial charge in [-0.2, -0.15) is 0 Å². The zero-order chi connectivity index (χ0) is 28.7. The lowest BCUT2D eigenvalue weighted by atomic mass is 10.1. The van der Waals surface area contributed by atoms with Crippen LogP contribution in [-0.4, -0.2) is 47.1 Å². The van der Waals surface area contributed by atoms with E-state index >= 15 is 0 Å². The minimum absolute atomic E-state index is 0.0701. The van der Waals surface area contributed by atoms with Gasteiger partial charge in [-0.05, 0) is 61.0 Å². The lowest BCUT2D eigenvalue weighted by molar-refractivity contribution is 0.0746. The molecule has 0 aromatic heterocycles. The lowest BCUT2D eigenvalue weighted by Crippen LogP contribution is -2.49. The molecule has 0 bridgehead atoms. The Hall–Kier alpha value is -4.01. The maximum Gasteiger partial charge on any atom is 0.259 e. The van der Waals surface area contributed by atoms with E-state index in [9.17, 15) is 18.2 Å². The molecule has 0 N–H and O–H groups in total. The van der Waals surface area contributed by atoms with Gasteiger partial charge in [0.15, 0.2) is 0 Å². The summed E-state index contributed by atoms with van der Waals surface area (Å²) in [6.07, 6.45) is 0. The van der Waals surface area contributed by atoms with Crippen LogP contribution in [0.2, 0.25) is 5.02 Å². The Kier molecular flexibility index (Phi) is 7.36. The van der Waals surface area contributed by atoms with Gasteiger partial charge in [-0.25, -0.2) is 8.60 Å². The largest absolute Gasteiger partial charge is 0.368 e. The van der Waals surface area contributed by atoms with Gasteiger partial charge >= 0.3 is 0 Å². The number of nitrogens with zero attached hydrogens (tertiary/aromatic N) is 3. The molecular formula is C32H27ClFN3O3S. The molecule has 2 aliphatic rings. The van der Waals surface area contributed by atoms with Gasteiger partial charge in [0.05, 0.1) is 38.4 Å². The monoisotopic (exact) mass is 587 g/mol. The third-order valence-electron chi connectivity index (χ3n) is 7.62. The predicted molar refractivity (Wildman–Crippen MR) is 159 cm³/mol. The van der Waals surface area contributed by atoms with Crippen molar-refractivity contribution in [1.29, 1.82) is 0 Å². The second kappa shape index (κ2) is 11.1. The Morgan fingerprint density at radius 1 is 0.878 bits per heavy atom.